The van der Waals surface area contributed by atoms with Gasteiger partial charge in [0.05, 0.1) is 5.02 Å². The zero-order chi connectivity index (χ0) is 14.9. The smallest absolute Gasteiger partial charge is 0.257 e. The summed E-state index contributed by atoms with van der Waals surface area (Å²) in [6, 6.07) is 4.43. The molecule has 0 aliphatic rings. The summed E-state index contributed by atoms with van der Waals surface area (Å²) in [4.78, 5) is 3.97. The van der Waals surface area contributed by atoms with E-state index in [4.69, 9.17) is 16.7 Å². The fraction of sp³-hybridized carbons (Fsp3) is 0.250. The molecule has 0 unspecified atom stereocenters. The number of hydrogen-bond donors (Lipinski definition) is 1. The first-order chi connectivity index (χ1) is 9.31. The monoisotopic (exact) mass is 317 g/mol. The maximum Gasteiger partial charge on any atom is 0.257 e. The topological polar surface area (TPSA) is 78.0 Å². The molecule has 0 aliphatic carbocycles. The summed E-state index contributed by atoms with van der Waals surface area (Å²) < 4.78 is 37.6. The van der Waals surface area contributed by atoms with Gasteiger partial charge in [0.1, 0.15) is 11.6 Å². The van der Waals surface area contributed by atoms with Gasteiger partial charge in [0.25, 0.3) is 10.0 Å². The van der Waals surface area contributed by atoms with Gasteiger partial charge in [0.15, 0.2) is 5.03 Å². The van der Waals surface area contributed by atoms with Gasteiger partial charge in [-0.3, -0.25) is 0 Å². The molecule has 0 saturated heterocycles. The van der Waals surface area contributed by atoms with E-state index in [0.717, 1.165) is 0 Å². The number of aromatic nitrogens is 2. The minimum atomic E-state index is -3.85. The van der Waals surface area contributed by atoms with E-state index < -0.39 is 15.8 Å². The molecule has 1 aromatic carbocycles. The number of nitrogens with zero attached hydrogens (tertiary/aromatic N) is 2. The Labute approximate surface area is 121 Å². The van der Waals surface area contributed by atoms with Crippen LogP contribution in [0, 0.1) is 5.82 Å². The number of imidazole rings is 1. The zero-order valence-electron chi connectivity index (χ0n) is 10.7. The van der Waals surface area contributed by atoms with Gasteiger partial charge in [0.2, 0.25) is 0 Å². The number of benzene rings is 1. The summed E-state index contributed by atoms with van der Waals surface area (Å²) in [5.74, 6) is 0.0402. The normalized spacial score (nSPS) is 11.8. The van der Waals surface area contributed by atoms with Crippen molar-refractivity contribution < 1.29 is 12.8 Å². The van der Waals surface area contributed by atoms with Gasteiger partial charge in [-0.15, -0.1) is 0 Å². The van der Waals surface area contributed by atoms with E-state index in [0.29, 0.717) is 24.4 Å². The third-order valence-electron chi connectivity index (χ3n) is 2.78. The molecule has 0 saturated carbocycles. The molecule has 0 amide bonds. The van der Waals surface area contributed by atoms with Crippen LogP contribution in [0.5, 0.6) is 0 Å². The van der Waals surface area contributed by atoms with Gasteiger partial charge < -0.3 is 4.57 Å². The predicted molar refractivity (Wildman–Crippen MR) is 73.5 cm³/mol. The van der Waals surface area contributed by atoms with Crippen LogP contribution < -0.4 is 5.14 Å². The Balaban J connectivity index is 2.37. The van der Waals surface area contributed by atoms with E-state index in [1.54, 1.807) is 10.6 Å². The molecule has 1 aromatic heterocycles. The number of hydrogen-bond acceptors (Lipinski definition) is 3. The molecule has 0 fully saturated rings. The Hall–Kier alpha value is -1.44. The van der Waals surface area contributed by atoms with Crippen molar-refractivity contribution in [2.75, 3.05) is 0 Å². The van der Waals surface area contributed by atoms with Gasteiger partial charge in [-0.05, 0) is 17.7 Å². The molecule has 1 heterocycles. The molecular weight excluding hydrogens is 305 g/mol. The van der Waals surface area contributed by atoms with Gasteiger partial charge in [-0.1, -0.05) is 24.6 Å². The minimum absolute atomic E-state index is 0.0420. The summed E-state index contributed by atoms with van der Waals surface area (Å²) >= 11 is 5.62. The zero-order valence-corrected chi connectivity index (χ0v) is 12.2. The number of halogens is 2. The number of sulfonamides is 1. The highest BCUT2D eigenvalue weighted by atomic mass is 35.5. The first-order valence-corrected chi connectivity index (χ1v) is 7.76. The third kappa shape index (κ3) is 3.17. The fourth-order valence-corrected chi connectivity index (χ4v) is 2.44. The van der Waals surface area contributed by atoms with E-state index in [2.05, 4.69) is 4.98 Å². The second-order valence-corrected chi connectivity index (χ2v) is 6.19. The van der Waals surface area contributed by atoms with Gasteiger partial charge in [-0.25, -0.2) is 22.9 Å². The maximum absolute atomic E-state index is 13.4. The van der Waals surface area contributed by atoms with Crippen molar-refractivity contribution in [2.45, 2.75) is 24.9 Å². The highest BCUT2D eigenvalue weighted by molar-refractivity contribution is 7.89. The number of primary sulfonamides is 1. The molecule has 0 bridgehead atoms. The Bertz CT molecular complexity index is 743. The first-order valence-electron chi connectivity index (χ1n) is 5.84. The van der Waals surface area contributed by atoms with Crippen molar-refractivity contribution in [3.05, 3.63) is 46.6 Å². The molecule has 0 radical (unpaired) electrons. The largest absolute Gasteiger partial charge is 0.329 e. The van der Waals surface area contributed by atoms with Gasteiger partial charge in [-0.2, -0.15) is 0 Å². The van der Waals surface area contributed by atoms with Crippen LogP contribution in [0.3, 0.4) is 0 Å². The summed E-state index contributed by atoms with van der Waals surface area (Å²) in [5.41, 5.74) is 0.653. The van der Waals surface area contributed by atoms with Crippen LogP contribution in [0.1, 0.15) is 18.3 Å². The van der Waals surface area contributed by atoms with Crippen LogP contribution in [0.4, 0.5) is 4.39 Å². The van der Waals surface area contributed by atoms with Crippen molar-refractivity contribution in [2.24, 2.45) is 5.14 Å². The highest BCUT2D eigenvalue weighted by Gasteiger charge is 2.15. The molecule has 8 heteroatoms. The van der Waals surface area contributed by atoms with E-state index in [9.17, 15) is 12.8 Å². The standard InChI is InChI=1S/C12H13ClFN3O2S/c1-2-11-16-12(20(15,18)19)7-17(11)6-8-3-4-9(13)10(14)5-8/h3-5,7H,2,6H2,1H3,(H2,15,18,19). The quantitative estimate of drug-likeness (QED) is 0.936. The summed E-state index contributed by atoms with van der Waals surface area (Å²) in [5, 5.41) is 4.90. The molecule has 0 aliphatic heterocycles. The molecule has 5 nitrogen and oxygen atoms in total. The SMILES string of the molecule is CCc1nc(S(N)(=O)=O)cn1Cc1ccc(Cl)c(F)c1. The Morgan fingerprint density at radius 1 is 1.45 bits per heavy atom. The molecule has 0 spiro atoms. The summed E-state index contributed by atoms with van der Waals surface area (Å²) in [6.45, 7) is 2.13. The molecular formula is C12H13ClFN3O2S. The second kappa shape index (κ2) is 5.51. The lowest BCUT2D eigenvalue weighted by Gasteiger charge is -2.06. The first kappa shape index (κ1) is 15.0. The van der Waals surface area contributed by atoms with Crippen molar-refractivity contribution >= 4 is 21.6 Å². The summed E-state index contributed by atoms with van der Waals surface area (Å²) in [6.07, 6.45) is 1.88. The van der Waals surface area contributed by atoms with Gasteiger partial charge in [0, 0.05) is 19.2 Å². The van der Waals surface area contributed by atoms with E-state index in [1.807, 2.05) is 6.92 Å². The maximum atomic E-state index is 13.4. The van der Waals surface area contributed by atoms with E-state index in [1.165, 1.54) is 18.3 Å². The molecule has 2 N–H and O–H groups in total. The van der Waals surface area contributed by atoms with E-state index in [-0.39, 0.29) is 10.0 Å². The molecule has 2 aromatic rings. The van der Waals surface area contributed by atoms with Crippen molar-refractivity contribution in [3.8, 4) is 0 Å². The number of rotatable bonds is 4. The minimum Gasteiger partial charge on any atom is -0.329 e. The third-order valence-corrected chi connectivity index (χ3v) is 3.87. The lowest BCUT2D eigenvalue weighted by Crippen LogP contribution is -2.12. The van der Waals surface area contributed by atoms with Crippen molar-refractivity contribution in [1.82, 2.24) is 9.55 Å². The van der Waals surface area contributed by atoms with Crippen molar-refractivity contribution in [3.63, 3.8) is 0 Å². The van der Waals surface area contributed by atoms with Crippen LogP contribution in [-0.4, -0.2) is 18.0 Å². The highest BCUT2D eigenvalue weighted by Crippen LogP contribution is 2.17. The van der Waals surface area contributed by atoms with Gasteiger partial charge >= 0.3 is 0 Å². The Kier molecular flexibility index (Phi) is 4.12. The second-order valence-electron chi connectivity index (χ2n) is 4.27. The molecule has 0 atom stereocenters. The average Bonchev–Trinajstić information content (AvgIpc) is 2.77. The average molecular weight is 318 g/mol. The molecule has 20 heavy (non-hydrogen) atoms. The van der Waals surface area contributed by atoms with Crippen molar-refractivity contribution in [1.29, 1.82) is 0 Å². The van der Waals surface area contributed by atoms with Crippen LogP contribution in [-0.2, 0) is 23.0 Å². The van der Waals surface area contributed by atoms with Crippen LogP contribution in [0.2, 0.25) is 5.02 Å². The lowest BCUT2D eigenvalue weighted by atomic mass is 10.2. The predicted octanol–water partition coefficient (Wildman–Crippen LogP) is 1.93. The summed E-state index contributed by atoms with van der Waals surface area (Å²) in [7, 11) is -3.85. The number of aryl methyl sites for hydroxylation is 1. The van der Waals surface area contributed by atoms with E-state index >= 15 is 0 Å². The number of nitrogens with two attached hydrogens (primary N) is 1. The Morgan fingerprint density at radius 3 is 2.70 bits per heavy atom. The molecule has 108 valence electrons. The Morgan fingerprint density at radius 2 is 2.15 bits per heavy atom. The fourth-order valence-electron chi connectivity index (χ4n) is 1.82. The lowest BCUT2D eigenvalue weighted by molar-refractivity contribution is 0.594. The molecule has 2 rings (SSSR count). The van der Waals surface area contributed by atoms with Crippen LogP contribution in [0.15, 0.2) is 29.4 Å². The van der Waals surface area contributed by atoms with Crippen LogP contribution >= 0.6 is 11.6 Å². The van der Waals surface area contributed by atoms with Crippen LogP contribution in [0.25, 0.3) is 0 Å².